The molecule has 1 N–H and O–H groups in total. The smallest absolute Gasteiger partial charge is 0.408 e. The Bertz CT molecular complexity index is 486. The third kappa shape index (κ3) is 6.07. The highest BCUT2D eigenvalue weighted by Gasteiger charge is 2.24. The van der Waals surface area contributed by atoms with Gasteiger partial charge in [0.15, 0.2) is 0 Å². The first-order valence-electron chi connectivity index (χ1n) is 6.63. The lowest BCUT2D eigenvalue weighted by Crippen LogP contribution is -2.43. The molecular formula is C15H19NO5. The number of ketones is 1. The molecule has 0 saturated heterocycles. The maximum absolute atomic E-state index is 11.7. The zero-order chi connectivity index (χ0) is 15.7. The molecule has 21 heavy (non-hydrogen) atoms. The second kappa shape index (κ2) is 8.73. The molecule has 114 valence electrons. The average molecular weight is 293 g/mol. The Hall–Kier alpha value is -2.37. The van der Waals surface area contributed by atoms with Gasteiger partial charge in [0, 0.05) is 12.8 Å². The summed E-state index contributed by atoms with van der Waals surface area (Å²) in [6, 6.07) is 8.11. The molecule has 0 saturated carbocycles. The van der Waals surface area contributed by atoms with Crippen molar-refractivity contribution in [3.8, 4) is 0 Å². The van der Waals surface area contributed by atoms with E-state index in [2.05, 4.69) is 10.1 Å². The molecule has 0 spiro atoms. The van der Waals surface area contributed by atoms with Gasteiger partial charge < -0.3 is 14.8 Å². The molecule has 0 aliphatic rings. The highest BCUT2D eigenvalue weighted by molar-refractivity contribution is 5.88. The summed E-state index contributed by atoms with van der Waals surface area (Å²) < 4.78 is 9.56. The number of hydrogen-bond donors (Lipinski definition) is 1. The molecular weight excluding hydrogens is 274 g/mol. The molecule has 0 heterocycles. The minimum atomic E-state index is -1.02. The minimum absolute atomic E-state index is 0.0856. The number of methoxy groups -OCH3 is 1. The molecule has 1 amide bonds. The minimum Gasteiger partial charge on any atom is -0.467 e. The van der Waals surface area contributed by atoms with E-state index in [0.717, 1.165) is 5.56 Å². The molecule has 0 aliphatic carbocycles. The quantitative estimate of drug-likeness (QED) is 0.775. The molecule has 6 heteroatoms. The van der Waals surface area contributed by atoms with Crippen LogP contribution in [-0.4, -0.2) is 31.0 Å². The van der Waals surface area contributed by atoms with Gasteiger partial charge in [0.05, 0.1) is 7.11 Å². The normalized spacial score (nSPS) is 11.3. The number of carbonyl (C=O) groups excluding carboxylic acids is 3. The third-order valence-corrected chi connectivity index (χ3v) is 2.82. The van der Waals surface area contributed by atoms with E-state index < -0.39 is 18.1 Å². The van der Waals surface area contributed by atoms with E-state index in [4.69, 9.17) is 4.74 Å². The van der Waals surface area contributed by atoms with Crippen molar-refractivity contribution >= 4 is 17.8 Å². The van der Waals surface area contributed by atoms with Gasteiger partial charge in [0.2, 0.25) is 0 Å². The van der Waals surface area contributed by atoms with Gasteiger partial charge in [-0.3, -0.25) is 4.79 Å². The van der Waals surface area contributed by atoms with E-state index in [0.29, 0.717) is 0 Å². The van der Waals surface area contributed by atoms with Crippen LogP contribution in [0.3, 0.4) is 0 Å². The maximum atomic E-state index is 11.7. The summed E-state index contributed by atoms with van der Waals surface area (Å²) in [5.74, 6) is -0.817. The van der Waals surface area contributed by atoms with E-state index in [1.165, 1.54) is 7.11 Å². The predicted octanol–water partition coefficient (Wildman–Crippen LogP) is 1.82. The molecule has 1 rings (SSSR count). The van der Waals surface area contributed by atoms with Crippen LogP contribution in [0.15, 0.2) is 30.3 Å². The van der Waals surface area contributed by atoms with Crippen molar-refractivity contribution in [1.82, 2.24) is 5.32 Å². The van der Waals surface area contributed by atoms with E-state index >= 15 is 0 Å². The molecule has 1 unspecified atom stereocenters. The molecule has 1 aromatic carbocycles. The summed E-state index contributed by atoms with van der Waals surface area (Å²) >= 11 is 0. The van der Waals surface area contributed by atoms with Crippen LogP contribution < -0.4 is 5.32 Å². The van der Waals surface area contributed by atoms with Crippen molar-refractivity contribution in [3.63, 3.8) is 0 Å². The van der Waals surface area contributed by atoms with Gasteiger partial charge in [-0.1, -0.05) is 37.3 Å². The summed E-state index contributed by atoms with van der Waals surface area (Å²) in [6.07, 6.45) is -0.587. The summed E-state index contributed by atoms with van der Waals surface area (Å²) in [7, 11) is 1.20. The van der Waals surface area contributed by atoms with Gasteiger partial charge in [-0.25, -0.2) is 9.59 Å². The second-order valence-corrected chi connectivity index (χ2v) is 4.38. The van der Waals surface area contributed by atoms with Crippen LogP contribution in [0.25, 0.3) is 0 Å². The Labute approximate surface area is 123 Å². The Kier molecular flexibility index (Phi) is 6.94. The van der Waals surface area contributed by atoms with Crippen LogP contribution in [0.4, 0.5) is 4.79 Å². The van der Waals surface area contributed by atoms with Gasteiger partial charge in [0.25, 0.3) is 0 Å². The third-order valence-electron chi connectivity index (χ3n) is 2.82. The number of amides is 1. The van der Waals surface area contributed by atoms with Crippen molar-refractivity contribution in [2.45, 2.75) is 32.4 Å². The molecule has 0 aromatic heterocycles. The van der Waals surface area contributed by atoms with E-state index in [1.807, 2.05) is 30.3 Å². The highest BCUT2D eigenvalue weighted by atomic mass is 16.6. The zero-order valence-corrected chi connectivity index (χ0v) is 12.1. The number of benzene rings is 1. The lowest BCUT2D eigenvalue weighted by atomic mass is 10.1. The van der Waals surface area contributed by atoms with Gasteiger partial charge in [-0.05, 0) is 5.56 Å². The molecule has 0 fully saturated rings. The SMILES string of the molecule is CCC(=O)CC(NC(=O)OCc1ccccc1)C(=O)OC. The summed E-state index contributed by atoms with van der Waals surface area (Å²) in [4.78, 5) is 34.6. The molecule has 1 atom stereocenters. The summed E-state index contributed by atoms with van der Waals surface area (Å²) in [6.45, 7) is 1.77. The van der Waals surface area contributed by atoms with Crippen molar-refractivity contribution in [3.05, 3.63) is 35.9 Å². The highest BCUT2D eigenvalue weighted by Crippen LogP contribution is 2.03. The van der Waals surface area contributed by atoms with Crippen molar-refractivity contribution in [2.24, 2.45) is 0 Å². The molecule has 1 aromatic rings. The number of rotatable bonds is 7. The van der Waals surface area contributed by atoms with E-state index in [9.17, 15) is 14.4 Å². The summed E-state index contributed by atoms with van der Waals surface area (Å²) in [5.41, 5.74) is 0.826. The average Bonchev–Trinajstić information content (AvgIpc) is 2.52. The number of Topliss-reactive ketones (excluding diaryl/α,β-unsaturated/α-hetero) is 1. The van der Waals surface area contributed by atoms with Crippen LogP contribution in [0.2, 0.25) is 0 Å². The summed E-state index contributed by atoms with van der Waals surface area (Å²) in [5, 5.41) is 2.35. The monoisotopic (exact) mass is 293 g/mol. The molecule has 0 bridgehead atoms. The van der Waals surface area contributed by atoms with Crippen LogP contribution >= 0.6 is 0 Å². The van der Waals surface area contributed by atoms with Gasteiger partial charge >= 0.3 is 12.1 Å². The topological polar surface area (TPSA) is 81.7 Å². The first-order chi connectivity index (χ1) is 10.1. The van der Waals surface area contributed by atoms with Crippen molar-refractivity contribution < 1.29 is 23.9 Å². The first kappa shape index (κ1) is 16.7. The Morgan fingerprint density at radius 1 is 1.19 bits per heavy atom. The van der Waals surface area contributed by atoms with Gasteiger partial charge in [-0.15, -0.1) is 0 Å². The Morgan fingerprint density at radius 2 is 1.86 bits per heavy atom. The van der Waals surface area contributed by atoms with Gasteiger partial charge in [-0.2, -0.15) is 0 Å². The lowest BCUT2D eigenvalue weighted by Gasteiger charge is -2.15. The van der Waals surface area contributed by atoms with Crippen molar-refractivity contribution in [2.75, 3.05) is 7.11 Å². The number of carbonyl (C=O) groups is 3. The zero-order valence-electron chi connectivity index (χ0n) is 12.1. The molecule has 0 radical (unpaired) electrons. The fraction of sp³-hybridized carbons (Fsp3) is 0.400. The molecule has 6 nitrogen and oxygen atoms in total. The number of alkyl carbamates (subject to hydrolysis) is 1. The van der Waals surface area contributed by atoms with E-state index in [-0.39, 0.29) is 25.2 Å². The number of esters is 1. The lowest BCUT2D eigenvalue weighted by molar-refractivity contribution is -0.144. The van der Waals surface area contributed by atoms with Crippen molar-refractivity contribution in [1.29, 1.82) is 0 Å². The fourth-order valence-corrected chi connectivity index (χ4v) is 1.61. The second-order valence-electron chi connectivity index (χ2n) is 4.38. The van der Waals surface area contributed by atoms with E-state index in [1.54, 1.807) is 6.92 Å². The fourth-order valence-electron chi connectivity index (χ4n) is 1.61. The largest absolute Gasteiger partial charge is 0.467 e. The number of hydrogen-bond acceptors (Lipinski definition) is 5. The molecule has 0 aliphatic heterocycles. The van der Waals surface area contributed by atoms with Crippen LogP contribution in [0.5, 0.6) is 0 Å². The van der Waals surface area contributed by atoms with Gasteiger partial charge in [0.1, 0.15) is 18.4 Å². The Morgan fingerprint density at radius 3 is 2.43 bits per heavy atom. The number of nitrogens with one attached hydrogen (secondary N) is 1. The standard InChI is InChI=1S/C15H19NO5/c1-3-12(17)9-13(14(18)20-2)16-15(19)21-10-11-7-5-4-6-8-11/h4-8,13H,3,9-10H2,1-2H3,(H,16,19). The number of ether oxygens (including phenoxy) is 2. The van der Waals surface area contributed by atoms with Crippen LogP contribution in [-0.2, 0) is 25.7 Å². The first-order valence-corrected chi connectivity index (χ1v) is 6.63. The Balaban J connectivity index is 2.51. The predicted molar refractivity (Wildman–Crippen MR) is 75.5 cm³/mol. The maximum Gasteiger partial charge on any atom is 0.408 e. The van der Waals surface area contributed by atoms with Crippen LogP contribution in [0.1, 0.15) is 25.3 Å². The van der Waals surface area contributed by atoms with Crippen LogP contribution in [0, 0.1) is 0 Å².